The van der Waals surface area contributed by atoms with Crippen molar-refractivity contribution in [3.8, 4) is 0 Å². The van der Waals surface area contributed by atoms with E-state index < -0.39 is 5.79 Å². The third-order valence-electron chi connectivity index (χ3n) is 8.17. The Balaban J connectivity index is 1.66. The van der Waals surface area contributed by atoms with Gasteiger partial charge in [0.2, 0.25) is 0 Å². The van der Waals surface area contributed by atoms with Gasteiger partial charge in [-0.15, -0.1) is 0 Å². The Morgan fingerprint density at radius 1 is 1.08 bits per heavy atom. The summed E-state index contributed by atoms with van der Waals surface area (Å²) >= 11 is 0. The minimum atomic E-state index is -0.405. The van der Waals surface area contributed by atoms with Gasteiger partial charge in [-0.25, -0.2) is 0 Å². The molecule has 0 aromatic carbocycles. The summed E-state index contributed by atoms with van der Waals surface area (Å²) in [4.78, 5) is 12.5. The molecule has 24 heavy (non-hydrogen) atoms. The average Bonchev–Trinajstić information content (AvgIpc) is 2.89. The van der Waals surface area contributed by atoms with Crippen molar-refractivity contribution >= 4 is 5.78 Å². The molecule has 4 aliphatic carbocycles. The lowest BCUT2D eigenvalue weighted by Gasteiger charge is -2.53. The molecule has 0 heterocycles. The summed E-state index contributed by atoms with van der Waals surface area (Å²) in [5, 5.41) is 0. The molecule has 3 nitrogen and oxygen atoms in total. The van der Waals surface area contributed by atoms with Crippen LogP contribution in [0.5, 0.6) is 0 Å². The van der Waals surface area contributed by atoms with Crippen LogP contribution >= 0.6 is 0 Å². The minimum absolute atomic E-state index is 0.0228. The molecule has 134 valence electrons. The fourth-order valence-corrected chi connectivity index (χ4v) is 6.80. The lowest BCUT2D eigenvalue weighted by Crippen LogP contribution is -2.48. The lowest BCUT2D eigenvalue weighted by atomic mass is 9.51. The summed E-state index contributed by atoms with van der Waals surface area (Å²) in [6.45, 7) is 4.69. The largest absolute Gasteiger partial charge is 0.353 e. The third-order valence-corrected chi connectivity index (χ3v) is 8.17. The van der Waals surface area contributed by atoms with Crippen LogP contribution in [0.2, 0.25) is 0 Å². The second kappa shape index (κ2) is 5.67. The van der Waals surface area contributed by atoms with E-state index in [2.05, 4.69) is 13.8 Å². The predicted octanol–water partition coefficient (Wildman–Crippen LogP) is 4.51. The molecule has 0 amide bonds. The molecule has 4 rings (SSSR count). The second-order valence-corrected chi connectivity index (χ2v) is 9.01. The molecule has 4 aliphatic rings. The van der Waals surface area contributed by atoms with Crippen LogP contribution in [-0.4, -0.2) is 25.8 Å². The third kappa shape index (κ3) is 2.20. The Kier molecular flexibility index (Phi) is 3.96. The Morgan fingerprint density at radius 3 is 2.54 bits per heavy atom. The van der Waals surface area contributed by atoms with Crippen LogP contribution in [0.15, 0.2) is 11.1 Å². The average molecular weight is 332 g/mol. The minimum Gasteiger partial charge on any atom is -0.353 e. The number of ketones is 1. The quantitative estimate of drug-likeness (QED) is 0.551. The zero-order valence-electron chi connectivity index (χ0n) is 15.7. The van der Waals surface area contributed by atoms with Crippen LogP contribution in [0.1, 0.15) is 65.2 Å². The Labute approximate surface area is 146 Å². The fourth-order valence-electron chi connectivity index (χ4n) is 6.80. The standard InChI is InChI=1S/C21H32O3/c1-13-11-14-12-21(23-3,24-4)10-8-15(14)16-7-9-20(2)17(19(13)16)5-6-18(20)22/h13,16-17,19H,5-12H2,1-4H3/t13-,16?,17?,19?,20?/m1/s1. The molecule has 0 spiro atoms. The highest BCUT2D eigenvalue weighted by atomic mass is 16.7. The van der Waals surface area contributed by atoms with Crippen molar-refractivity contribution in [1.29, 1.82) is 0 Å². The van der Waals surface area contributed by atoms with Crippen LogP contribution in [0.4, 0.5) is 0 Å². The van der Waals surface area contributed by atoms with E-state index in [1.165, 1.54) is 12.8 Å². The number of allylic oxidation sites excluding steroid dienone is 1. The first-order valence-corrected chi connectivity index (χ1v) is 9.78. The highest BCUT2D eigenvalue weighted by Gasteiger charge is 2.57. The number of Topliss-reactive ketones (excluding diaryl/α,β-unsaturated/α-hetero) is 1. The van der Waals surface area contributed by atoms with Gasteiger partial charge in [0.15, 0.2) is 5.79 Å². The van der Waals surface area contributed by atoms with E-state index in [0.717, 1.165) is 38.5 Å². The van der Waals surface area contributed by atoms with Crippen molar-refractivity contribution in [2.24, 2.45) is 29.1 Å². The van der Waals surface area contributed by atoms with Gasteiger partial charge in [-0.05, 0) is 55.8 Å². The summed E-state index contributed by atoms with van der Waals surface area (Å²) in [6.07, 6.45) is 8.44. The van der Waals surface area contributed by atoms with Gasteiger partial charge in [0.1, 0.15) is 5.78 Å². The number of hydrogen-bond acceptors (Lipinski definition) is 3. The number of ether oxygens (including phenoxy) is 2. The maximum atomic E-state index is 12.5. The van der Waals surface area contributed by atoms with Gasteiger partial charge < -0.3 is 9.47 Å². The van der Waals surface area contributed by atoms with Gasteiger partial charge in [-0.3, -0.25) is 4.79 Å². The van der Waals surface area contributed by atoms with Crippen molar-refractivity contribution < 1.29 is 14.3 Å². The van der Waals surface area contributed by atoms with E-state index in [1.807, 2.05) is 0 Å². The topological polar surface area (TPSA) is 35.5 Å². The van der Waals surface area contributed by atoms with Crippen molar-refractivity contribution in [2.45, 2.75) is 71.0 Å². The van der Waals surface area contributed by atoms with Crippen LogP contribution in [0.3, 0.4) is 0 Å². The number of carbonyl (C=O) groups excluding carboxylic acids is 1. The van der Waals surface area contributed by atoms with E-state index in [-0.39, 0.29) is 5.41 Å². The normalized spacial score (nSPS) is 44.1. The molecule has 0 bridgehead atoms. The first kappa shape index (κ1) is 16.8. The van der Waals surface area contributed by atoms with Crippen LogP contribution < -0.4 is 0 Å². The van der Waals surface area contributed by atoms with Crippen molar-refractivity contribution in [3.05, 3.63) is 11.1 Å². The van der Waals surface area contributed by atoms with Crippen LogP contribution in [-0.2, 0) is 14.3 Å². The van der Waals surface area contributed by atoms with Crippen molar-refractivity contribution in [1.82, 2.24) is 0 Å². The zero-order valence-corrected chi connectivity index (χ0v) is 15.7. The van der Waals surface area contributed by atoms with E-state index in [1.54, 1.807) is 25.4 Å². The lowest BCUT2D eigenvalue weighted by molar-refractivity contribution is -0.213. The maximum Gasteiger partial charge on any atom is 0.171 e. The molecule has 2 fully saturated rings. The van der Waals surface area contributed by atoms with E-state index in [0.29, 0.717) is 29.5 Å². The molecule has 0 aromatic heterocycles. The number of methoxy groups -OCH3 is 2. The number of fused-ring (bicyclic) bond motifs is 4. The molecule has 4 unspecified atom stereocenters. The first-order chi connectivity index (χ1) is 11.4. The van der Waals surface area contributed by atoms with Gasteiger partial charge >= 0.3 is 0 Å². The molecule has 0 aromatic rings. The predicted molar refractivity (Wildman–Crippen MR) is 93.5 cm³/mol. The van der Waals surface area contributed by atoms with Gasteiger partial charge in [0.25, 0.3) is 0 Å². The maximum absolute atomic E-state index is 12.5. The summed E-state index contributed by atoms with van der Waals surface area (Å²) in [7, 11) is 3.56. The van der Waals surface area contributed by atoms with E-state index >= 15 is 0 Å². The SMILES string of the molecule is COC1(OC)CCC2=C(C[C@@H](C)C3C2CCC2(C)C(=O)CCC32)C1. The van der Waals surface area contributed by atoms with Crippen molar-refractivity contribution in [3.63, 3.8) is 0 Å². The Bertz CT molecular complexity index is 574. The number of carbonyl (C=O) groups is 1. The summed E-state index contributed by atoms with van der Waals surface area (Å²) < 4.78 is 11.5. The monoisotopic (exact) mass is 332 g/mol. The van der Waals surface area contributed by atoms with E-state index in [9.17, 15) is 4.79 Å². The number of rotatable bonds is 2. The summed E-state index contributed by atoms with van der Waals surface area (Å²) in [6, 6.07) is 0. The molecule has 5 atom stereocenters. The first-order valence-electron chi connectivity index (χ1n) is 9.78. The Morgan fingerprint density at radius 2 is 1.83 bits per heavy atom. The van der Waals surface area contributed by atoms with Gasteiger partial charge in [-0.2, -0.15) is 0 Å². The molecule has 0 saturated heterocycles. The van der Waals surface area contributed by atoms with Crippen molar-refractivity contribution in [2.75, 3.05) is 14.2 Å². The van der Waals surface area contributed by atoms with Gasteiger partial charge in [0.05, 0.1) is 0 Å². The molecule has 3 heteroatoms. The van der Waals surface area contributed by atoms with E-state index in [4.69, 9.17) is 9.47 Å². The Hall–Kier alpha value is -0.670. The zero-order chi connectivity index (χ0) is 17.1. The molecular weight excluding hydrogens is 300 g/mol. The summed E-state index contributed by atoms with van der Waals surface area (Å²) in [5.41, 5.74) is 3.29. The molecular formula is C21H32O3. The molecule has 0 N–H and O–H groups in total. The molecule has 2 saturated carbocycles. The smallest absolute Gasteiger partial charge is 0.171 e. The highest BCUT2D eigenvalue weighted by molar-refractivity contribution is 5.87. The summed E-state index contributed by atoms with van der Waals surface area (Å²) in [5.74, 6) is 2.85. The van der Waals surface area contributed by atoms with Gasteiger partial charge in [0, 0.05) is 38.9 Å². The molecule has 0 radical (unpaired) electrons. The van der Waals surface area contributed by atoms with Crippen LogP contribution in [0.25, 0.3) is 0 Å². The number of hydrogen-bond donors (Lipinski definition) is 0. The fraction of sp³-hybridized carbons (Fsp3) is 0.857. The van der Waals surface area contributed by atoms with Crippen LogP contribution in [0, 0.1) is 29.1 Å². The van der Waals surface area contributed by atoms with Gasteiger partial charge in [-0.1, -0.05) is 25.0 Å². The second-order valence-electron chi connectivity index (χ2n) is 9.01. The highest BCUT2D eigenvalue weighted by Crippen LogP contribution is 2.61. The molecule has 0 aliphatic heterocycles.